The van der Waals surface area contributed by atoms with Gasteiger partial charge >= 0.3 is 5.97 Å². The van der Waals surface area contributed by atoms with Gasteiger partial charge in [-0.3, -0.25) is 0 Å². The van der Waals surface area contributed by atoms with Crippen LogP contribution in [-0.4, -0.2) is 18.2 Å². The molecule has 0 saturated heterocycles. The molecule has 1 aromatic carbocycles. The van der Waals surface area contributed by atoms with Crippen molar-refractivity contribution >= 4 is 28.6 Å². The first kappa shape index (κ1) is 11.2. The second kappa shape index (κ2) is 4.07. The monoisotopic (exact) mass is 314 g/mol. The molecule has 0 fully saturated rings. The Bertz CT molecular complexity index is 393. The van der Waals surface area contributed by atoms with E-state index in [1.807, 2.05) is 0 Å². The van der Waals surface area contributed by atoms with E-state index in [2.05, 4.69) is 4.74 Å². The Morgan fingerprint density at radius 1 is 1.50 bits per heavy atom. The van der Waals surface area contributed by atoms with Gasteiger partial charge in [-0.2, -0.15) is 0 Å². The summed E-state index contributed by atoms with van der Waals surface area (Å²) in [5.41, 5.74) is -0.604. The van der Waals surface area contributed by atoms with Crippen molar-refractivity contribution in [2.45, 2.75) is 0 Å². The number of carboxylic acid groups (broad SMARTS) is 1. The molecule has 0 aliphatic rings. The van der Waals surface area contributed by atoms with Gasteiger partial charge in [0.05, 0.1) is 10.7 Å². The summed E-state index contributed by atoms with van der Waals surface area (Å²) in [5.74, 6) is -4.22. The SMILES string of the molecule is COc1c(F)c(I)cc(C(=O)O)c1F. The molecule has 0 aliphatic carbocycles. The summed E-state index contributed by atoms with van der Waals surface area (Å²) in [4.78, 5) is 10.5. The number of hydrogen-bond donors (Lipinski definition) is 1. The molecule has 3 nitrogen and oxygen atoms in total. The van der Waals surface area contributed by atoms with E-state index in [0.29, 0.717) is 0 Å². The minimum Gasteiger partial charge on any atom is -0.491 e. The Hall–Kier alpha value is -0.920. The van der Waals surface area contributed by atoms with Crippen molar-refractivity contribution in [3.8, 4) is 5.75 Å². The first-order valence-electron chi connectivity index (χ1n) is 3.43. The molecule has 0 aliphatic heterocycles. The van der Waals surface area contributed by atoms with Crippen LogP contribution in [0.5, 0.6) is 5.75 Å². The number of hydrogen-bond acceptors (Lipinski definition) is 2. The molecule has 0 unspecified atom stereocenters. The van der Waals surface area contributed by atoms with Gasteiger partial charge in [0.25, 0.3) is 0 Å². The largest absolute Gasteiger partial charge is 0.491 e. The van der Waals surface area contributed by atoms with Crippen LogP contribution in [0.3, 0.4) is 0 Å². The maximum absolute atomic E-state index is 13.2. The predicted octanol–water partition coefficient (Wildman–Crippen LogP) is 2.28. The van der Waals surface area contributed by atoms with Crippen LogP contribution in [0.2, 0.25) is 0 Å². The van der Waals surface area contributed by atoms with Gasteiger partial charge in [-0.05, 0) is 28.7 Å². The summed E-state index contributed by atoms with van der Waals surface area (Å²) < 4.78 is 30.8. The molecule has 0 heterocycles. The highest BCUT2D eigenvalue weighted by molar-refractivity contribution is 14.1. The number of ether oxygens (including phenoxy) is 1. The van der Waals surface area contributed by atoms with Crippen molar-refractivity contribution in [3.63, 3.8) is 0 Å². The first-order chi connectivity index (χ1) is 6.49. The summed E-state index contributed by atoms with van der Waals surface area (Å²) in [5, 5.41) is 8.58. The maximum Gasteiger partial charge on any atom is 0.338 e. The van der Waals surface area contributed by atoms with Crippen LogP contribution >= 0.6 is 22.6 Å². The molecule has 0 aromatic heterocycles. The van der Waals surface area contributed by atoms with Gasteiger partial charge in [0.1, 0.15) is 5.56 Å². The fourth-order valence-corrected chi connectivity index (χ4v) is 1.47. The fraction of sp³-hybridized carbons (Fsp3) is 0.125. The lowest BCUT2D eigenvalue weighted by molar-refractivity contribution is 0.0690. The minimum atomic E-state index is -1.46. The first-order valence-corrected chi connectivity index (χ1v) is 4.51. The van der Waals surface area contributed by atoms with Crippen LogP contribution in [0.4, 0.5) is 8.78 Å². The molecule has 1 rings (SSSR count). The number of benzene rings is 1. The normalized spacial score (nSPS) is 10.0. The number of carbonyl (C=O) groups is 1. The van der Waals surface area contributed by atoms with Crippen LogP contribution < -0.4 is 4.74 Å². The smallest absolute Gasteiger partial charge is 0.338 e. The molecule has 14 heavy (non-hydrogen) atoms. The van der Waals surface area contributed by atoms with E-state index >= 15 is 0 Å². The average Bonchev–Trinajstić information content (AvgIpc) is 2.12. The molecule has 0 spiro atoms. The van der Waals surface area contributed by atoms with Gasteiger partial charge in [0, 0.05) is 0 Å². The third-order valence-electron chi connectivity index (χ3n) is 1.55. The molecule has 0 radical (unpaired) electrons. The summed E-state index contributed by atoms with van der Waals surface area (Å²) in [6.07, 6.45) is 0. The zero-order valence-electron chi connectivity index (χ0n) is 6.97. The quantitative estimate of drug-likeness (QED) is 0.673. The van der Waals surface area contributed by atoms with Gasteiger partial charge < -0.3 is 9.84 Å². The van der Waals surface area contributed by atoms with E-state index in [1.165, 1.54) is 0 Å². The molecule has 0 saturated carbocycles. The summed E-state index contributed by atoms with van der Waals surface area (Å²) in [6.45, 7) is 0. The summed E-state index contributed by atoms with van der Waals surface area (Å²) in [7, 11) is 1.07. The fourth-order valence-electron chi connectivity index (χ4n) is 0.915. The molecule has 1 aromatic rings. The zero-order valence-corrected chi connectivity index (χ0v) is 9.13. The molecule has 0 bridgehead atoms. The van der Waals surface area contributed by atoms with Gasteiger partial charge in [-0.15, -0.1) is 0 Å². The van der Waals surface area contributed by atoms with Crippen molar-refractivity contribution in [1.82, 2.24) is 0 Å². The molecule has 76 valence electrons. The van der Waals surface area contributed by atoms with Gasteiger partial charge in [0.15, 0.2) is 17.4 Å². The van der Waals surface area contributed by atoms with E-state index < -0.39 is 28.9 Å². The highest BCUT2D eigenvalue weighted by Crippen LogP contribution is 2.28. The van der Waals surface area contributed by atoms with Crippen LogP contribution in [0, 0.1) is 15.2 Å². The lowest BCUT2D eigenvalue weighted by Gasteiger charge is -2.07. The zero-order chi connectivity index (χ0) is 10.9. The Morgan fingerprint density at radius 2 is 2.07 bits per heavy atom. The van der Waals surface area contributed by atoms with E-state index in [-0.39, 0.29) is 3.57 Å². The van der Waals surface area contributed by atoms with Gasteiger partial charge in [-0.25, -0.2) is 13.6 Å². The highest BCUT2D eigenvalue weighted by Gasteiger charge is 2.21. The highest BCUT2D eigenvalue weighted by atomic mass is 127. The van der Waals surface area contributed by atoms with Crippen molar-refractivity contribution in [3.05, 3.63) is 26.8 Å². The molecule has 0 amide bonds. The Balaban J connectivity index is 3.50. The Morgan fingerprint density at radius 3 is 2.50 bits per heavy atom. The van der Waals surface area contributed by atoms with Crippen molar-refractivity contribution in [1.29, 1.82) is 0 Å². The Kier molecular flexibility index (Phi) is 3.25. The summed E-state index contributed by atoms with van der Waals surface area (Å²) >= 11 is 1.56. The predicted molar refractivity (Wildman–Crippen MR) is 52.6 cm³/mol. The number of rotatable bonds is 2. The van der Waals surface area contributed by atoms with Crippen molar-refractivity contribution in [2.75, 3.05) is 7.11 Å². The third-order valence-corrected chi connectivity index (χ3v) is 2.34. The van der Waals surface area contributed by atoms with E-state index in [9.17, 15) is 13.6 Å². The topological polar surface area (TPSA) is 46.5 Å². The molecular formula is C8H5F2IO3. The number of aromatic carboxylic acids is 1. The number of methoxy groups -OCH3 is 1. The van der Waals surface area contributed by atoms with Gasteiger partial charge in [-0.1, -0.05) is 0 Å². The van der Waals surface area contributed by atoms with E-state index in [4.69, 9.17) is 5.11 Å². The van der Waals surface area contributed by atoms with Crippen molar-refractivity contribution < 1.29 is 23.4 Å². The maximum atomic E-state index is 13.2. The third kappa shape index (κ3) is 1.79. The molecule has 1 N–H and O–H groups in total. The second-order valence-electron chi connectivity index (χ2n) is 2.37. The molecule has 0 atom stereocenters. The van der Waals surface area contributed by atoms with Crippen LogP contribution in [0.15, 0.2) is 6.07 Å². The van der Waals surface area contributed by atoms with Crippen molar-refractivity contribution in [2.24, 2.45) is 0 Å². The van der Waals surface area contributed by atoms with Crippen LogP contribution in [0.1, 0.15) is 10.4 Å². The van der Waals surface area contributed by atoms with E-state index in [1.54, 1.807) is 22.6 Å². The summed E-state index contributed by atoms with van der Waals surface area (Å²) in [6, 6.07) is 0.913. The molecule has 6 heteroatoms. The van der Waals surface area contributed by atoms with Crippen LogP contribution in [0.25, 0.3) is 0 Å². The number of carboxylic acids is 1. The standard InChI is InChI=1S/C8H5F2IO3/c1-14-7-5(9)3(8(12)13)2-4(11)6(7)10/h2H,1H3,(H,12,13). The second-order valence-corrected chi connectivity index (χ2v) is 3.53. The lowest BCUT2D eigenvalue weighted by atomic mass is 10.2. The molecular weight excluding hydrogens is 309 g/mol. The van der Waals surface area contributed by atoms with Gasteiger partial charge in [0.2, 0.25) is 0 Å². The lowest BCUT2D eigenvalue weighted by Crippen LogP contribution is -2.06. The average molecular weight is 314 g/mol. The van der Waals surface area contributed by atoms with Crippen LogP contribution in [-0.2, 0) is 0 Å². The number of halogens is 3. The minimum absolute atomic E-state index is 0.00162. The Labute approximate surface area is 91.8 Å². The van der Waals surface area contributed by atoms with E-state index in [0.717, 1.165) is 13.2 Å².